The van der Waals surface area contributed by atoms with Gasteiger partial charge in [0.05, 0.1) is 42.8 Å². The maximum Gasteiger partial charge on any atom is 0.308 e. The van der Waals surface area contributed by atoms with Crippen LogP contribution >= 0.6 is 12.3 Å². The number of hydrogen-bond acceptors (Lipinski definition) is 8. The molecule has 2 saturated carbocycles. The summed E-state index contributed by atoms with van der Waals surface area (Å²) in [6, 6.07) is 4.18. The molecule has 1 unspecified atom stereocenters. The van der Waals surface area contributed by atoms with Crippen molar-refractivity contribution >= 4 is 35.2 Å². The van der Waals surface area contributed by atoms with Crippen molar-refractivity contribution in [2.45, 2.75) is 57.0 Å². The molecule has 5 rings (SSSR count). The first-order valence-electron chi connectivity index (χ1n) is 11.5. The molecule has 0 spiro atoms. The average molecular weight is 484 g/mol. The summed E-state index contributed by atoms with van der Waals surface area (Å²) in [6.07, 6.45) is 11.2. The van der Waals surface area contributed by atoms with Crippen LogP contribution in [0, 0.1) is 23.2 Å². The highest BCUT2D eigenvalue weighted by Gasteiger charge is 2.36. The Bertz CT molecular complexity index is 1220. The number of hydrogen-bond donors (Lipinski definition) is 1. The van der Waals surface area contributed by atoms with Gasteiger partial charge in [-0.05, 0) is 37.7 Å². The van der Waals surface area contributed by atoms with Gasteiger partial charge in [-0.15, -0.1) is 3.89 Å². The van der Waals surface area contributed by atoms with E-state index >= 15 is 0 Å². The van der Waals surface area contributed by atoms with Crippen LogP contribution in [0.5, 0.6) is 0 Å². The number of anilines is 1. The number of nitriles is 1. The van der Waals surface area contributed by atoms with Gasteiger partial charge in [0.25, 0.3) is 0 Å². The van der Waals surface area contributed by atoms with E-state index in [1.807, 2.05) is 10.9 Å². The maximum absolute atomic E-state index is 13.3. The molecule has 0 saturated heterocycles. The normalized spacial score (nSPS) is 21.2. The zero-order valence-corrected chi connectivity index (χ0v) is 19.7. The monoisotopic (exact) mass is 483 g/mol. The molecule has 3 heterocycles. The average Bonchev–Trinajstić information content (AvgIpc) is 3.58. The maximum atomic E-state index is 13.3. The van der Waals surface area contributed by atoms with E-state index in [-0.39, 0.29) is 36.3 Å². The number of nitrogens with zero attached hydrogens (tertiary/aromatic N) is 6. The molecule has 2 aliphatic carbocycles. The summed E-state index contributed by atoms with van der Waals surface area (Å²) < 4.78 is 21.5. The third-order valence-electron chi connectivity index (χ3n) is 7.11. The Morgan fingerprint density at radius 3 is 2.88 bits per heavy atom. The zero-order chi connectivity index (χ0) is 23.7. The van der Waals surface area contributed by atoms with Crippen molar-refractivity contribution in [3.05, 3.63) is 24.8 Å². The predicted molar refractivity (Wildman–Crippen MR) is 126 cm³/mol. The smallest absolute Gasteiger partial charge is 0.308 e. The van der Waals surface area contributed by atoms with Crippen LogP contribution in [-0.2, 0) is 9.53 Å². The summed E-state index contributed by atoms with van der Waals surface area (Å²) in [7, 11) is 1.41. The van der Waals surface area contributed by atoms with Crippen molar-refractivity contribution in [2.24, 2.45) is 11.8 Å². The van der Waals surface area contributed by atoms with Crippen molar-refractivity contribution in [3.8, 4) is 17.3 Å². The Labute approximate surface area is 201 Å². The van der Waals surface area contributed by atoms with Crippen LogP contribution in [-0.4, -0.2) is 42.8 Å². The van der Waals surface area contributed by atoms with Crippen LogP contribution < -0.4 is 5.32 Å². The first-order valence-corrected chi connectivity index (χ1v) is 12.2. The molecule has 0 radical (unpaired) electrons. The molecule has 3 aromatic rings. The molecule has 0 aliphatic heterocycles. The van der Waals surface area contributed by atoms with Gasteiger partial charge in [0, 0.05) is 23.8 Å². The van der Waals surface area contributed by atoms with E-state index in [9.17, 15) is 13.9 Å². The molecule has 9 nitrogen and oxygen atoms in total. The topological polar surface area (TPSA) is 111 Å². The van der Waals surface area contributed by atoms with Gasteiger partial charge in [-0.1, -0.05) is 12.8 Å². The molecule has 0 aromatic carbocycles. The lowest BCUT2D eigenvalue weighted by Gasteiger charge is -2.34. The van der Waals surface area contributed by atoms with E-state index in [1.165, 1.54) is 30.3 Å². The number of fused-ring (bicyclic) bond motifs is 1. The van der Waals surface area contributed by atoms with Gasteiger partial charge in [0.2, 0.25) is 0 Å². The third-order valence-corrected chi connectivity index (χ3v) is 7.55. The Morgan fingerprint density at radius 2 is 2.18 bits per heavy atom. The van der Waals surface area contributed by atoms with Crippen molar-refractivity contribution in [1.29, 1.82) is 5.26 Å². The van der Waals surface area contributed by atoms with Crippen molar-refractivity contribution in [2.75, 3.05) is 12.4 Å². The van der Waals surface area contributed by atoms with E-state index in [0.29, 0.717) is 47.7 Å². The van der Waals surface area contributed by atoms with Crippen LogP contribution in [0.25, 0.3) is 22.3 Å². The Balaban J connectivity index is 1.52. The first kappa shape index (κ1) is 22.7. The molecule has 0 amide bonds. The SMILES string of the molecule is COC(=O)C1CC(Nc2nn(C(CC#N)C3CCCC3)cc2-c2ncnc3c2ccn3SF)C1. The number of halogens is 1. The van der Waals surface area contributed by atoms with E-state index in [2.05, 4.69) is 21.4 Å². The molecule has 11 heteroatoms. The van der Waals surface area contributed by atoms with E-state index in [1.54, 1.807) is 12.3 Å². The van der Waals surface area contributed by atoms with Crippen LogP contribution in [0.3, 0.4) is 0 Å². The van der Waals surface area contributed by atoms with Gasteiger partial charge in [-0.25, -0.2) is 13.9 Å². The molecule has 1 N–H and O–H groups in total. The first-order chi connectivity index (χ1) is 16.6. The number of esters is 1. The summed E-state index contributed by atoms with van der Waals surface area (Å²) in [5, 5.41) is 18.6. The molecule has 2 fully saturated rings. The van der Waals surface area contributed by atoms with Gasteiger partial charge in [0.1, 0.15) is 6.33 Å². The molecule has 1 atom stereocenters. The number of ether oxygens (including phenoxy) is 1. The second-order valence-corrected chi connectivity index (χ2v) is 9.58. The molecular formula is C23H26FN7O2S. The fourth-order valence-corrected chi connectivity index (χ4v) is 5.56. The number of methoxy groups -OCH3 is 1. The van der Waals surface area contributed by atoms with E-state index in [4.69, 9.17) is 9.84 Å². The van der Waals surface area contributed by atoms with Crippen LogP contribution in [0.4, 0.5) is 9.70 Å². The minimum Gasteiger partial charge on any atom is -0.469 e. The molecule has 0 bridgehead atoms. The largest absolute Gasteiger partial charge is 0.469 e. The number of rotatable bonds is 8. The van der Waals surface area contributed by atoms with Gasteiger partial charge in [-0.2, -0.15) is 10.4 Å². The number of carbonyl (C=O) groups excluding carboxylic acids is 1. The van der Waals surface area contributed by atoms with Crippen molar-refractivity contribution in [3.63, 3.8) is 0 Å². The van der Waals surface area contributed by atoms with E-state index in [0.717, 1.165) is 18.4 Å². The van der Waals surface area contributed by atoms with Gasteiger partial charge < -0.3 is 10.1 Å². The number of aromatic nitrogens is 5. The Kier molecular flexibility index (Phi) is 6.41. The lowest BCUT2D eigenvalue weighted by atomic mass is 9.80. The molecule has 2 aliphatic rings. The molecule has 178 valence electrons. The molecule has 3 aromatic heterocycles. The summed E-state index contributed by atoms with van der Waals surface area (Å²) in [5.41, 5.74) is 1.91. The van der Waals surface area contributed by atoms with Crippen LogP contribution in [0.1, 0.15) is 51.0 Å². The fourth-order valence-electron chi connectivity index (χ4n) is 5.24. The van der Waals surface area contributed by atoms with Crippen LogP contribution in [0.15, 0.2) is 24.8 Å². The quantitative estimate of drug-likeness (QED) is 0.460. The summed E-state index contributed by atoms with van der Waals surface area (Å²) in [4.78, 5) is 20.6. The van der Waals surface area contributed by atoms with Gasteiger partial charge in [0.15, 0.2) is 23.8 Å². The third kappa shape index (κ3) is 4.11. The highest BCUT2D eigenvalue weighted by Crippen LogP contribution is 2.40. The highest BCUT2D eigenvalue weighted by atomic mass is 32.2. The van der Waals surface area contributed by atoms with Crippen molar-refractivity contribution < 1.29 is 13.4 Å². The second-order valence-electron chi connectivity index (χ2n) is 9.05. The minimum absolute atomic E-state index is 0.0191. The lowest BCUT2D eigenvalue weighted by molar-refractivity contribution is -0.148. The fraction of sp³-hybridized carbons (Fsp3) is 0.522. The molecule has 34 heavy (non-hydrogen) atoms. The zero-order valence-electron chi connectivity index (χ0n) is 18.9. The summed E-state index contributed by atoms with van der Waals surface area (Å²) in [6.45, 7) is 0. The highest BCUT2D eigenvalue weighted by molar-refractivity contribution is 7.92. The van der Waals surface area contributed by atoms with Crippen LogP contribution in [0.2, 0.25) is 0 Å². The number of carbonyl (C=O) groups is 1. The lowest BCUT2D eigenvalue weighted by Crippen LogP contribution is -2.40. The standard InChI is InChI=1S/C23H26FN7O2S/c1-33-23(32)15-10-16(11-15)28-21-18(20-17-7-9-31(34-24)22(17)27-13-26-20)12-30(29-21)19(6-8-25)14-4-2-3-5-14/h7,9,12-16,19H,2-6,10-11H2,1H3,(H,28,29). The predicted octanol–water partition coefficient (Wildman–Crippen LogP) is 4.68. The summed E-state index contributed by atoms with van der Waals surface area (Å²) >= 11 is 0.0851. The number of nitrogens with one attached hydrogen (secondary N) is 1. The van der Waals surface area contributed by atoms with E-state index < -0.39 is 0 Å². The minimum atomic E-state index is -0.193. The van der Waals surface area contributed by atoms with Gasteiger partial charge in [-0.3, -0.25) is 9.48 Å². The Hall–Kier alpha value is -3.13. The Morgan fingerprint density at radius 1 is 1.38 bits per heavy atom. The summed E-state index contributed by atoms with van der Waals surface area (Å²) in [5.74, 6) is 0.748. The van der Waals surface area contributed by atoms with Crippen molar-refractivity contribution in [1.82, 2.24) is 23.7 Å². The van der Waals surface area contributed by atoms with Gasteiger partial charge >= 0.3 is 5.97 Å². The second kappa shape index (κ2) is 9.62. The molecular weight excluding hydrogens is 457 g/mol.